The van der Waals surface area contributed by atoms with Crippen LogP contribution in [0.25, 0.3) is 11.4 Å². The highest BCUT2D eigenvalue weighted by atomic mass is 16.5. The Morgan fingerprint density at radius 3 is 2.41 bits per heavy atom. The molecule has 3 aromatic rings. The Morgan fingerprint density at radius 1 is 0.938 bits per heavy atom. The van der Waals surface area contributed by atoms with Gasteiger partial charge in [-0.05, 0) is 36.4 Å². The zero-order valence-corrected chi connectivity index (χ0v) is 18.7. The molecule has 9 heteroatoms. The number of piperazine rings is 1. The SMILES string of the molecule is COc1ccc(N2CCN(CCNc3nc(-c4cccc(OC)c4OC)no3)CC2)cc1. The Hall–Kier alpha value is -3.46. The molecule has 1 fully saturated rings. The van der Waals surface area contributed by atoms with Crippen LogP contribution in [-0.2, 0) is 0 Å². The Morgan fingerprint density at radius 2 is 1.72 bits per heavy atom. The summed E-state index contributed by atoms with van der Waals surface area (Å²) in [6.45, 7) is 5.61. The largest absolute Gasteiger partial charge is 0.497 e. The Bertz CT molecular complexity index is 1000. The van der Waals surface area contributed by atoms with Crippen molar-refractivity contribution in [2.75, 3.05) is 70.8 Å². The van der Waals surface area contributed by atoms with Crippen molar-refractivity contribution in [2.24, 2.45) is 0 Å². The predicted molar refractivity (Wildman–Crippen MR) is 123 cm³/mol. The van der Waals surface area contributed by atoms with Gasteiger partial charge in [-0.3, -0.25) is 4.90 Å². The molecule has 0 radical (unpaired) electrons. The van der Waals surface area contributed by atoms with E-state index in [1.807, 2.05) is 30.3 Å². The van der Waals surface area contributed by atoms with Crippen LogP contribution in [0.1, 0.15) is 0 Å². The third-order valence-corrected chi connectivity index (χ3v) is 5.58. The normalized spacial score (nSPS) is 14.3. The van der Waals surface area contributed by atoms with Gasteiger partial charge in [-0.25, -0.2) is 0 Å². The van der Waals surface area contributed by atoms with Gasteiger partial charge in [0.15, 0.2) is 11.5 Å². The topological polar surface area (TPSA) is 85.1 Å². The minimum atomic E-state index is 0.391. The molecule has 1 aromatic heterocycles. The summed E-state index contributed by atoms with van der Waals surface area (Å²) in [5, 5.41) is 7.30. The first-order valence-electron chi connectivity index (χ1n) is 10.6. The monoisotopic (exact) mass is 439 g/mol. The van der Waals surface area contributed by atoms with Crippen LogP contribution < -0.4 is 24.4 Å². The highest BCUT2D eigenvalue weighted by molar-refractivity contribution is 5.69. The maximum atomic E-state index is 5.46. The van der Waals surface area contributed by atoms with Gasteiger partial charge in [-0.15, -0.1) is 0 Å². The molecule has 2 heterocycles. The number of methoxy groups -OCH3 is 3. The number of nitrogens with zero attached hydrogens (tertiary/aromatic N) is 4. The van der Waals surface area contributed by atoms with E-state index in [1.54, 1.807) is 21.3 Å². The van der Waals surface area contributed by atoms with E-state index in [0.717, 1.165) is 50.6 Å². The van der Waals surface area contributed by atoms with Crippen molar-refractivity contribution in [3.63, 3.8) is 0 Å². The highest BCUT2D eigenvalue weighted by Gasteiger charge is 2.19. The second-order valence-corrected chi connectivity index (χ2v) is 7.42. The summed E-state index contributed by atoms with van der Waals surface area (Å²) in [4.78, 5) is 9.28. The first-order chi connectivity index (χ1) is 15.7. The van der Waals surface area contributed by atoms with Gasteiger partial charge in [0.05, 0.1) is 26.9 Å². The molecule has 4 rings (SSSR count). The van der Waals surface area contributed by atoms with Crippen molar-refractivity contribution in [1.29, 1.82) is 0 Å². The number of para-hydroxylation sites is 1. The third kappa shape index (κ3) is 4.88. The first-order valence-corrected chi connectivity index (χ1v) is 10.6. The van der Waals surface area contributed by atoms with Crippen LogP contribution in [0.3, 0.4) is 0 Å². The van der Waals surface area contributed by atoms with Crippen LogP contribution in [0, 0.1) is 0 Å². The number of nitrogens with one attached hydrogen (secondary N) is 1. The average molecular weight is 440 g/mol. The lowest BCUT2D eigenvalue weighted by molar-refractivity contribution is 0.266. The van der Waals surface area contributed by atoms with E-state index >= 15 is 0 Å². The third-order valence-electron chi connectivity index (χ3n) is 5.58. The van der Waals surface area contributed by atoms with Crippen LogP contribution in [0.15, 0.2) is 47.0 Å². The molecule has 1 saturated heterocycles. The number of hydrogen-bond acceptors (Lipinski definition) is 9. The maximum Gasteiger partial charge on any atom is 0.321 e. The van der Waals surface area contributed by atoms with Crippen molar-refractivity contribution in [2.45, 2.75) is 0 Å². The van der Waals surface area contributed by atoms with Crippen LogP contribution >= 0.6 is 0 Å². The molecule has 1 aliphatic heterocycles. The van der Waals surface area contributed by atoms with Gasteiger partial charge in [-0.1, -0.05) is 11.2 Å². The maximum absolute atomic E-state index is 5.46. The molecule has 0 saturated carbocycles. The molecule has 32 heavy (non-hydrogen) atoms. The van der Waals surface area contributed by atoms with Gasteiger partial charge in [0.2, 0.25) is 5.82 Å². The van der Waals surface area contributed by atoms with Crippen LogP contribution in [0.5, 0.6) is 17.2 Å². The number of benzene rings is 2. The summed E-state index contributed by atoms with van der Waals surface area (Å²) >= 11 is 0. The van der Waals surface area contributed by atoms with Crippen molar-refractivity contribution < 1.29 is 18.7 Å². The lowest BCUT2D eigenvalue weighted by atomic mass is 10.2. The number of aromatic nitrogens is 2. The predicted octanol–water partition coefficient (Wildman–Crippen LogP) is 3.00. The van der Waals surface area contributed by atoms with E-state index < -0.39 is 0 Å². The first kappa shape index (κ1) is 21.8. The van der Waals surface area contributed by atoms with Crippen molar-refractivity contribution >= 4 is 11.7 Å². The molecule has 9 nitrogen and oxygen atoms in total. The fraction of sp³-hybridized carbons (Fsp3) is 0.391. The van der Waals surface area contributed by atoms with E-state index in [2.05, 4.69) is 37.4 Å². The fourth-order valence-electron chi connectivity index (χ4n) is 3.81. The number of rotatable bonds is 9. The number of hydrogen-bond donors (Lipinski definition) is 1. The summed E-state index contributed by atoms with van der Waals surface area (Å²) in [6.07, 6.45) is 0. The summed E-state index contributed by atoms with van der Waals surface area (Å²) in [6, 6.07) is 14.2. The molecule has 0 unspecified atom stereocenters. The Balaban J connectivity index is 1.26. The van der Waals surface area contributed by atoms with Gasteiger partial charge in [0, 0.05) is 45.0 Å². The van der Waals surface area contributed by atoms with E-state index in [0.29, 0.717) is 23.3 Å². The molecule has 170 valence electrons. The zero-order valence-electron chi connectivity index (χ0n) is 18.7. The average Bonchev–Trinajstić information content (AvgIpc) is 3.32. The van der Waals surface area contributed by atoms with Gasteiger partial charge in [-0.2, -0.15) is 4.98 Å². The minimum Gasteiger partial charge on any atom is -0.497 e. The molecular formula is C23H29N5O4. The van der Waals surface area contributed by atoms with Gasteiger partial charge in [0.25, 0.3) is 0 Å². The fourth-order valence-corrected chi connectivity index (χ4v) is 3.81. The smallest absolute Gasteiger partial charge is 0.321 e. The van der Waals surface area contributed by atoms with Gasteiger partial charge < -0.3 is 29.0 Å². The molecule has 0 bridgehead atoms. The van der Waals surface area contributed by atoms with E-state index in [4.69, 9.17) is 18.7 Å². The molecule has 2 aromatic carbocycles. The van der Waals surface area contributed by atoms with Crippen LogP contribution in [0.4, 0.5) is 11.7 Å². The van der Waals surface area contributed by atoms with Crippen LogP contribution in [0.2, 0.25) is 0 Å². The summed E-state index contributed by atoms with van der Waals surface area (Å²) in [7, 11) is 4.88. The molecule has 1 aliphatic rings. The summed E-state index contributed by atoms with van der Waals surface area (Å²) in [5.74, 6) is 2.54. The Kier molecular flexibility index (Phi) is 6.96. The van der Waals surface area contributed by atoms with Gasteiger partial charge in [0.1, 0.15) is 5.75 Å². The zero-order chi connectivity index (χ0) is 22.3. The second kappa shape index (κ2) is 10.2. The van der Waals surface area contributed by atoms with Gasteiger partial charge >= 0.3 is 6.01 Å². The number of ether oxygens (including phenoxy) is 3. The molecule has 0 amide bonds. The quantitative estimate of drug-likeness (QED) is 0.541. The van der Waals surface area contributed by atoms with Crippen LogP contribution in [-0.4, -0.2) is 75.6 Å². The molecule has 1 N–H and O–H groups in total. The van der Waals surface area contributed by atoms with E-state index in [-0.39, 0.29) is 0 Å². The lowest BCUT2D eigenvalue weighted by Gasteiger charge is -2.36. The van der Waals surface area contributed by atoms with E-state index in [1.165, 1.54) is 5.69 Å². The van der Waals surface area contributed by atoms with Crippen molar-refractivity contribution in [3.05, 3.63) is 42.5 Å². The number of anilines is 2. The second-order valence-electron chi connectivity index (χ2n) is 7.42. The van der Waals surface area contributed by atoms with E-state index in [9.17, 15) is 0 Å². The minimum absolute atomic E-state index is 0.391. The molecule has 0 atom stereocenters. The molecular weight excluding hydrogens is 410 g/mol. The summed E-state index contributed by atoms with van der Waals surface area (Å²) < 4.78 is 21.4. The van der Waals surface area contributed by atoms with Crippen molar-refractivity contribution in [1.82, 2.24) is 15.0 Å². The Labute approximate surface area is 187 Å². The highest BCUT2D eigenvalue weighted by Crippen LogP contribution is 2.36. The lowest BCUT2D eigenvalue weighted by Crippen LogP contribution is -2.47. The molecule has 0 aliphatic carbocycles. The summed E-state index contributed by atoms with van der Waals surface area (Å²) in [5.41, 5.74) is 1.95. The van der Waals surface area contributed by atoms with Crippen molar-refractivity contribution in [3.8, 4) is 28.6 Å². The standard InChI is InChI=1S/C23H29N5O4/c1-29-18-9-7-17(8-10-18)28-15-13-27(14-16-28)12-11-24-23-25-22(26-32-23)19-5-4-6-20(30-2)21(19)31-3/h4-10H,11-16H2,1-3H3,(H,24,25,26). The molecule has 0 spiro atoms.